The fourth-order valence-electron chi connectivity index (χ4n) is 4.06. The molecule has 1 nitrogen and oxygen atoms in total. The lowest BCUT2D eigenvalue weighted by molar-refractivity contribution is 0.202. The summed E-state index contributed by atoms with van der Waals surface area (Å²) < 4.78 is 0. The van der Waals surface area contributed by atoms with Gasteiger partial charge in [-0.2, -0.15) is 0 Å². The lowest BCUT2D eigenvalue weighted by atomic mass is 9.78. The zero-order valence-electron chi connectivity index (χ0n) is 12.2. The van der Waals surface area contributed by atoms with Crippen molar-refractivity contribution in [2.45, 2.75) is 78.3 Å². The maximum absolute atomic E-state index is 3.98. The van der Waals surface area contributed by atoms with Crippen LogP contribution in [0.3, 0.4) is 0 Å². The minimum atomic E-state index is 0.809. The molecule has 0 aromatic rings. The second-order valence-electron chi connectivity index (χ2n) is 6.84. The molecule has 2 fully saturated rings. The van der Waals surface area contributed by atoms with Gasteiger partial charge in [0, 0.05) is 12.1 Å². The van der Waals surface area contributed by atoms with Crippen molar-refractivity contribution in [2.24, 2.45) is 23.7 Å². The van der Waals surface area contributed by atoms with E-state index in [9.17, 15) is 0 Å². The third-order valence-electron chi connectivity index (χ3n) is 5.80. The number of nitrogens with one attached hydrogen (secondary N) is 1. The smallest absolute Gasteiger partial charge is 0.00980 e. The molecule has 2 aliphatic carbocycles. The normalized spacial score (nSPS) is 47.3. The van der Waals surface area contributed by atoms with Crippen LogP contribution in [0.4, 0.5) is 0 Å². The highest BCUT2D eigenvalue weighted by Crippen LogP contribution is 2.36. The minimum Gasteiger partial charge on any atom is -0.311 e. The van der Waals surface area contributed by atoms with Crippen molar-refractivity contribution in [2.75, 3.05) is 0 Å². The van der Waals surface area contributed by atoms with Crippen LogP contribution in [0, 0.1) is 23.7 Å². The van der Waals surface area contributed by atoms with Crippen LogP contribution in [0.25, 0.3) is 0 Å². The van der Waals surface area contributed by atoms with Gasteiger partial charge < -0.3 is 5.32 Å². The summed E-state index contributed by atoms with van der Waals surface area (Å²) in [5.74, 6) is 3.74. The lowest BCUT2D eigenvalue weighted by Gasteiger charge is -2.35. The zero-order chi connectivity index (χ0) is 12.4. The Hall–Kier alpha value is -0.0400. The Balaban J connectivity index is 1.82. The van der Waals surface area contributed by atoms with Crippen LogP contribution < -0.4 is 5.32 Å². The van der Waals surface area contributed by atoms with Gasteiger partial charge in [0.1, 0.15) is 0 Å². The van der Waals surface area contributed by atoms with E-state index in [0.717, 1.165) is 35.8 Å². The van der Waals surface area contributed by atoms with Gasteiger partial charge in [0.25, 0.3) is 0 Å². The van der Waals surface area contributed by atoms with E-state index in [1.165, 1.54) is 38.5 Å². The minimum absolute atomic E-state index is 0.809. The molecule has 6 atom stereocenters. The van der Waals surface area contributed by atoms with Gasteiger partial charge in [0.05, 0.1) is 0 Å². The molecule has 0 spiro atoms. The highest BCUT2D eigenvalue weighted by molar-refractivity contribution is 4.90. The second-order valence-corrected chi connectivity index (χ2v) is 6.84. The number of hydrogen-bond donors (Lipinski definition) is 1. The maximum Gasteiger partial charge on any atom is 0.00980 e. The lowest BCUT2D eigenvalue weighted by Crippen LogP contribution is -2.43. The molecule has 1 N–H and O–H groups in total. The first-order valence-corrected chi connectivity index (χ1v) is 7.87. The van der Waals surface area contributed by atoms with Gasteiger partial charge in [0.2, 0.25) is 0 Å². The molecule has 2 aliphatic rings. The first kappa shape index (κ1) is 13.4. The molecule has 0 aromatic carbocycles. The molecule has 2 rings (SSSR count). The van der Waals surface area contributed by atoms with Gasteiger partial charge in [-0.05, 0) is 55.8 Å². The Bertz CT molecular complexity index is 238. The van der Waals surface area contributed by atoms with Crippen LogP contribution in [0.15, 0.2) is 0 Å². The van der Waals surface area contributed by atoms with Gasteiger partial charge in [-0.25, -0.2) is 0 Å². The predicted molar refractivity (Wildman–Crippen MR) is 75.1 cm³/mol. The average molecular weight is 237 g/mol. The molecule has 0 aliphatic heterocycles. The number of rotatable bonds is 3. The molecular formula is C16H31N. The van der Waals surface area contributed by atoms with E-state index in [1.807, 2.05) is 0 Å². The third-order valence-corrected chi connectivity index (χ3v) is 5.80. The molecule has 17 heavy (non-hydrogen) atoms. The molecule has 0 heterocycles. The molecular weight excluding hydrogens is 206 g/mol. The van der Waals surface area contributed by atoms with E-state index in [2.05, 4.69) is 33.0 Å². The van der Waals surface area contributed by atoms with Crippen molar-refractivity contribution >= 4 is 0 Å². The topological polar surface area (TPSA) is 12.0 Å². The summed E-state index contributed by atoms with van der Waals surface area (Å²) in [5.41, 5.74) is 0. The maximum atomic E-state index is 3.98. The van der Waals surface area contributed by atoms with E-state index in [1.54, 1.807) is 0 Å². The molecule has 0 bridgehead atoms. The average Bonchev–Trinajstić information content (AvgIpc) is 2.65. The first-order valence-electron chi connectivity index (χ1n) is 7.87. The van der Waals surface area contributed by atoms with Crippen LogP contribution in [-0.4, -0.2) is 12.1 Å². The Kier molecular flexibility index (Phi) is 4.52. The van der Waals surface area contributed by atoms with Crippen molar-refractivity contribution in [3.63, 3.8) is 0 Å². The van der Waals surface area contributed by atoms with Crippen LogP contribution in [0.2, 0.25) is 0 Å². The summed E-state index contributed by atoms with van der Waals surface area (Å²) in [5, 5.41) is 3.98. The van der Waals surface area contributed by atoms with Gasteiger partial charge in [-0.1, -0.05) is 34.1 Å². The van der Waals surface area contributed by atoms with E-state index < -0.39 is 0 Å². The third kappa shape index (κ3) is 3.05. The fraction of sp³-hybridized carbons (Fsp3) is 1.00. The summed E-state index contributed by atoms with van der Waals surface area (Å²) in [4.78, 5) is 0. The van der Waals surface area contributed by atoms with Crippen molar-refractivity contribution in [1.29, 1.82) is 0 Å². The number of hydrogen-bond acceptors (Lipinski definition) is 1. The molecule has 100 valence electrons. The highest BCUT2D eigenvalue weighted by atomic mass is 15.0. The van der Waals surface area contributed by atoms with Crippen molar-refractivity contribution < 1.29 is 0 Å². The molecule has 1 heteroatoms. The Morgan fingerprint density at radius 3 is 2.29 bits per heavy atom. The quantitative estimate of drug-likeness (QED) is 0.774. The van der Waals surface area contributed by atoms with Crippen LogP contribution >= 0.6 is 0 Å². The van der Waals surface area contributed by atoms with Crippen molar-refractivity contribution in [3.8, 4) is 0 Å². The van der Waals surface area contributed by atoms with Gasteiger partial charge in [0.15, 0.2) is 0 Å². The highest BCUT2D eigenvalue weighted by Gasteiger charge is 2.34. The largest absolute Gasteiger partial charge is 0.311 e. The fourth-order valence-corrected chi connectivity index (χ4v) is 4.06. The predicted octanol–water partition coefficient (Wildman–Crippen LogP) is 4.23. The molecule has 0 amide bonds. The molecule has 2 saturated carbocycles. The second kappa shape index (κ2) is 5.73. The standard InChI is InChI=1S/C16H31N/c1-5-14-7-9-16(13(14)4)17-15-8-6-11(2)12(3)10-15/h11-17H,5-10H2,1-4H3. The monoisotopic (exact) mass is 237 g/mol. The van der Waals surface area contributed by atoms with E-state index in [4.69, 9.17) is 0 Å². The summed E-state index contributed by atoms with van der Waals surface area (Å²) >= 11 is 0. The molecule has 0 aromatic heterocycles. The summed E-state index contributed by atoms with van der Waals surface area (Å²) in [7, 11) is 0. The van der Waals surface area contributed by atoms with E-state index >= 15 is 0 Å². The van der Waals surface area contributed by atoms with Gasteiger partial charge in [-0.3, -0.25) is 0 Å². The molecule has 0 saturated heterocycles. The first-order chi connectivity index (χ1) is 8.11. The Morgan fingerprint density at radius 2 is 1.71 bits per heavy atom. The molecule has 0 radical (unpaired) electrons. The molecule has 6 unspecified atom stereocenters. The van der Waals surface area contributed by atoms with E-state index in [0.29, 0.717) is 0 Å². The van der Waals surface area contributed by atoms with Crippen LogP contribution in [-0.2, 0) is 0 Å². The zero-order valence-corrected chi connectivity index (χ0v) is 12.2. The Labute approximate surface area is 108 Å². The summed E-state index contributed by atoms with van der Waals surface area (Å²) in [6.07, 6.45) is 8.48. The summed E-state index contributed by atoms with van der Waals surface area (Å²) in [6.45, 7) is 9.68. The van der Waals surface area contributed by atoms with Gasteiger partial charge >= 0.3 is 0 Å². The SMILES string of the molecule is CCC1CCC(NC2CCC(C)C(C)C2)C1C. The van der Waals surface area contributed by atoms with Crippen molar-refractivity contribution in [3.05, 3.63) is 0 Å². The Morgan fingerprint density at radius 1 is 0.941 bits per heavy atom. The summed E-state index contributed by atoms with van der Waals surface area (Å²) in [6, 6.07) is 1.62. The van der Waals surface area contributed by atoms with Crippen LogP contribution in [0.5, 0.6) is 0 Å². The van der Waals surface area contributed by atoms with Gasteiger partial charge in [-0.15, -0.1) is 0 Å². The van der Waals surface area contributed by atoms with Crippen molar-refractivity contribution in [1.82, 2.24) is 5.32 Å². The van der Waals surface area contributed by atoms with E-state index in [-0.39, 0.29) is 0 Å². The van der Waals surface area contributed by atoms with Crippen LogP contribution in [0.1, 0.15) is 66.2 Å².